The maximum atomic E-state index is 4.76. The van der Waals surface area contributed by atoms with Gasteiger partial charge < -0.3 is 16.0 Å². The summed E-state index contributed by atoms with van der Waals surface area (Å²) in [5, 5.41) is 11.6. The Morgan fingerprint density at radius 2 is 1.68 bits per heavy atom. The van der Waals surface area contributed by atoms with Crippen LogP contribution in [0.3, 0.4) is 0 Å². The van der Waals surface area contributed by atoms with Crippen LogP contribution in [0, 0.1) is 0 Å². The first-order valence-corrected chi connectivity index (χ1v) is 12.9. The van der Waals surface area contributed by atoms with Crippen LogP contribution in [-0.4, -0.2) is 56.6 Å². The minimum atomic E-state index is 0.412. The first-order valence-electron chi connectivity index (χ1n) is 12.9. The Labute approximate surface area is 202 Å². The maximum absolute atomic E-state index is 4.76. The van der Waals surface area contributed by atoms with Crippen LogP contribution in [0.1, 0.15) is 58.3 Å². The fourth-order valence-electron chi connectivity index (χ4n) is 5.26. The third-order valence-corrected chi connectivity index (χ3v) is 7.10. The van der Waals surface area contributed by atoms with Gasteiger partial charge in [-0.2, -0.15) is 15.0 Å². The van der Waals surface area contributed by atoms with Crippen molar-refractivity contribution in [1.82, 2.24) is 24.8 Å². The SMILES string of the molecule is CCN1CCCC1CNc1nc(Nc2cccc3cccnc23)nc(NC2CCCCCC2)n1. The molecule has 1 aliphatic heterocycles. The Balaban J connectivity index is 1.39. The molecule has 1 saturated carbocycles. The summed E-state index contributed by atoms with van der Waals surface area (Å²) in [5.41, 5.74) is 1.80. The largest absolute Gasteiger partial charge is 0.352 e. The summed E-state index contributed by atoms with van der Waals surface area (Å²) < 4.78 is 0. The van der Waals surface area contributed by atoms with Crippen LogP contribution in [0.15, 0.2) is 36.5 Å². The van der Waals surface area contributed by atoms with Gasteiger partial charge in [-0.15, -0.1) is 0 Å². The molecule has 0 amide bonds. The lowest BCUT2D eigenvalue weighted by molar-refractivity contribution is 0.277. The normalized spacial score (nSPS) is 19.7. The Bertz CT molecular complexity index is 1070. The lowest BCUT2D eigenvalue weighted by atomic mass is 10.1. The lowest BCUT2D eigenvalue weighted by Gasteiger charge is -2.23. The molecule has 8 heteroatoms. The van der Waals surface area contributed by atoms with Crippen molar-refractivity contribution in [3.8, 4) is 0 Å². The van der Waals surface area contributed by atoms with E-state index in [1.54, 1.807) is 0 Å². The first kappa shape index (κ1) is 22.8. The summed E-state index contributed by atoms with van der Waals surface area (Å²) in [6, 6.07) is 11.1. The minimum Gasteiger partial charge on any atom is -0.352 e. The van der Waals surface area contributed by atoms with Crippen molar-refractivity contribution in [1.29, 1.82) is 0 Å². The van der Waals surface area contributed by atoms with Gasteiger partial charge in [-0.05, 0) is 50.9 Å². The smallest absolute Gasteiger partial charge is 0.233 e. The van der Waals surface area contributed by atoms with E-state index in [9.17, 15) is 0 Å². The van der Waals surface area contributed by atoms with Crippen LogP contribution in [-0.2, 0) is 0 Å². The third kappa shape index (κ3) is 5.55. The highest BCUT2D eigenvalue weighted by Crippen LogP contribution is 2.25. The summed E-state index contributed by atoms with van der Waals surface area (Å²) in [6.07, 6.45) is 11.8. The number of aromatic nitrogens is 4. The third-order valence-electron chi connectivity index (χ3n) is 7.10. The van der Waals surface area contributed by atoms with E-state index in [1.165, 1.54) is 45.1 Å². The number of likely N-dealkylation sites (N-methyl/N-ethyl adjacent to an activating group) is 1. The fourth-order valence-corrected chi connectivity index (χ4v) is 5.26. The summed E-state index contributed by atoms with van der Waals surface area (Å²) in [7, 11) is 0. The fraction of sp³-hybridized carbons (Fsp3) is 0.538. The maximum Gasteiger partial charge on any atom is 0.233 e. The molecule has 180 valence electrons. The van der Waals surface area contributed by atoms with E-state index in [2.05, 4.69) is 44.9 Å². The van der Waals surface area contributed by atoms with Crippen molar-refractivity contribution in [2.24, 2.45) is 0 Å². The summed E-state index contributed by atoms with van der Waals surface area (Å²) in [5.74, 6) is 1.79. The molecule has 34 heavy (non-hydrogen) atoms. The number of nitrogens with zero attached hydrogens (tertiary/aromatic N) is 5. The standard InChI is InChI=1S/C26H36N8/c1-2-34-17-9-14-21(34)18-28-24-31-25(29-20-12-5-3-4-6-13-20)33-26(32-24)30-22-15-7-10-19-11-8-16-27-23(19)22/h7-8,10-11,15-16,20-21H,2-6,9,12-14,17-18H2,1H3,(H3,28,29,30,31,32,33). The van der Waals surface area contributed by atoms with E-state index in [4.69, 9.17) is 15.0 Å². The summed E-state index contributed by atoms with van der Waals surface area (Å²) >= 11 is 0. The van der Waals surface area contributed by atoms with Gasteiger partial charge >= 0.3 is 0 Å². The first-order chi connectivity index (χ1) is 16.8. The molecule has 5 rings (SSSR count). The lowest BCUT2D eigenvalue weighted by Crippen LogP contribution is -2.35. The van der Waals surface area contributed by atoms with E-state index >= 15 is 0 Å². The Hall–Kier alpha value is -3.00. The molecule has 0 radical (unpaired) electrons. The second-order valence-corrected chi connectivity index (χ2v) is 9.45. The molecule has 1 saturated heterocycles. The average molecular weight is 461 g/mol. The van der Waals surface area contributed by atoms with Crippen molar-refractivity contribution in [2.75, 3.05) is 35.6 Å². The van der Waals surface area contributed by atoms with Gasteiger partial charge in [0.1, 0.15) is 0 Å². The molecule has 3 N–H and O–H groups in total. The quantitative estimate of drug-likeness (QED) is 0.396. The molecule has 1 aromatic carbocycles. The highest BCUT2D eigenvalue weighted by molar-refractivity contribution is 5.91. The Morgan fingerprint density at radius 3 is 2.53 bits per heavy atom. The zero-order valence-corrected chi connectivity index (χ0v) is 20.1. The molecule has 8 nitrogen and oxygen atoms in total. The molecule has 1 aliphatic carbocycles. The number of likely N-dealkylation sites (tertiary alicyclic amines) is 1. The highest BCUT2D eigenvalue weighted by Gasteiger charge is 2.23. The van der Waals surface area contributed by atoms with Crippen LogP contribution < -0.4 is 16.0 Å². The van der Waals surface area contributed by atoms with E-state index in [0.29, 0.717) is 29.9 Å². The van der Waals surface area contributed by atoms with Crippen molar-refractivity contribution in [3.05, 3.63) is 36.5 Å². The number of nitrogens with one attached hydrogen (secondary N) is 3. The number of hydrogen-bond donors (Lipinski definition) is 3. The van der Waals surface area contributed by atoms with Gasteiger partial charge in [-0.1, -0.05) is 50.8 Å². The van der Waals surface area contributed by atoms with E-state index in [0.717, 1.165) is 42.5 Å². The predicted molar refractivity (Wildman–Crippen MR) is 139 cm³/mol. The molecular formula is C26H36N8. The number of hydrogen-bond acceptors (Lipinski definition) is 8. The zero-order valence-electron chi connectivity index (χ0n) is 20.1. The van der Waals surface area contributed by atoms with Crippen LogP contribution in [0.5, 0.6) is 0 Å². The van der Waals surface area contributed by atoms with Crippen molar-refractivity contribution in [3.63, 3.8) is 0 Å². The van der Waals surface area contributed by atoms with Crippen molar-refractivity contribution >= 4 is 34.4 Å². The second kappa shape index (κ2) is 11.0. The number of para-hydroxylation sites is 1. The molecule has 2 aromatic heterocycles. The van der Waals surface area contributed by atoms with Crippen LogP contribution in [0.4, 0.5) is 23.5 Å². The average Bonchev–Trinajstić information content (AvgIpc) is 3.17. The van der Waals surface area contributed by atoms with Gasteiger partial charge in [0.25, 0.3) is 0 Å². The number of pyridine rings is 1. The van der Waals surface area contributed by atoms with E-state index in [-0.39, 0.29) is 0 Å². The number of benzene rings is 1. The van der Waals surface area contributed by atoms with Crippen LogP contribution in [0.25, 0.3) is 10.9 Å². The van der Waals surface area contributed by atoms with Gasteiger partial charge in [0.15, 0.2) is 0 Å². The molecule has 2 fully saturated rings. The Kier molecular flexibility index (Phi) is 7.34. The summed E-state index contributed by atoms with van der Waals surface area (Å²) in [6.45, 7) is 5.33. The minimum absolute atomic E-state index is 0.412. The molecule has 3 aromatic rings. The monoisotopic (exact) mass is 460 g/mol. The molecule has 2 aliphatic rings. The van der Waals surface area contributed by atoms with Crippen LogP contribution in [0.2, 0.25) is 0 Å². The van der Waals surface area contributed by atoms with Gasteiger partial charge in [0.2, 0.25) is 17.8 Å². The molecule has 3 heterocycles. The van der Waals surface area contributed by atoms with Crippen LogP contribution >= 0.6 is 0 Å². The molecule has 1 atom stereocenters. The molecule has 0 bridgehead atoms. The van der Waals surface area contributed by atoms with Gasteiger partial charge in [-0.3, -0.25) is 9.88 Å². The number of rotatable bonds is 8. The predicted octanol–water partition coefficient (Wildman–Crippen LogP) is 5.19. The molecule has 0 spiro atoms. The summed E-state index contributed by atoms with van der Waals surface area (Å²) in [4.78, 5) is 21.3. The number of fused-ring (bicyclic) bond motifs is 1. The van der Waals surface area contributed by atoms with Gasteiger partial charge in [-0.25, -0.2) is 0 Å². The topological polar surface area (TPSA) is 90.9 Å². The Morgan fingerprint density at radius 1 is 0.882 bits per heavy atom. The highest BCUT2D eigenvalue weighted by atomic mass is 15.3. The number of anilines is 4. The van der Waals surface area contributed by atoms with Crippen molar-refractivity contribution in [2.45, 2.75) is 70.4 Å². The second-order valence-electron chi connectivity index (χ2n) is 9.45. The van der Waals surface area contributed by atoms with E-state index in [1.807, 2.05) is 24.4 Å². The van der Waals surface area contributed by atoms with Gasteiger partial charge in [0, 0.05) is 30.2 Å². The van der Waals surface area contributed by atoms with Crippen molar-refractivity contribution < 1.29 is 0 Å². The molecule has 1 unspecified atom stereocenters. The zero-order chi connectivity index (χ0) is 23.2. The van der Waals surface area contributed by atoms with E-state index < -0.39 is 0 Å². The van der Waals surface area contributed by atoms with Gasteiger partial charge in [0.05, 0.1) is 11.2 Å². The molecular weight excluding hydrogens is 424 g/mol.